The lowest BCUT2D eigenvalue weighted by Crippen LogP contribution is -2.32. The maximum Gasteiger partial charge on any atom is 0.282 e. The van der Waals surface area contributed by atoms with Crippen LogP contribution in [0, 0.1) is 20.8 Å². The molecule has 5 nitrogen and oxygen atoms in total. The van der Waals surface area contributed by atoms with Gasteiger partial charge < -0.3 is 10.2 Å². The molecule has 0 unspecified atom stereocenters. The average Bonchev–Trinajstić information content (AvgIpc) is 3.01. The molecule has 1 heterocycles. The van der Waals surface area contributed by atoms with Gasteiger partial charge in [-0.05, 0) is 67.8 Å². The predicted octanol–water partition coefficient (Wildman–Crippen LogP) is 5.07. The number of nitrogens with one attached hydrogen (secondary N) is 1. The highest BCUT2D eigenvalue weighted by Gasteiger charge is 2.40. The molecule has 1 aliphatic rings. The number of amides is 2. The van der Waals surface area contributed by atoms with Crippen LogP contribution in [0.15, 0.2) is 72.4 Å². The second-order valence-corrected chi connectivity index (χ2v) is 8.40. The van der Waals surface area contributed by atoms with Crippen LogP contribution in [0.2, 0.25) is 0 Å². The van der Waals surface area contributed by atoms with Gasteiger partial charge in [0, 0.05) is 25.5 Å². The Balaban J connectivity index is 1.83. The number of nitrogens with zero attached hydrogens (tertiary/aromatic N) is 2. The molecule has 0 spiro atoms. The Morgan fingerprint density at radius 3 is 2.16 bits per heavy atom. The summed E-state index contributed by atoms with van der Waals surface area (Å²) in [7, 11) is 3.85. The van der Waals surface area contributed by atoms with Gasteiger partial charge in [-0.1, -0.05) is 42.0 Å². The number of hydrogen-bond donors (Lipinski definition) is 1. The van der Waals surface area contributed by atoms with Gasteiger partial charge in [-0.3, -0.25) is 9.59 Å². The zero-order valence-electron chi connectivity index (χ0n) is 19.1. The van der Waals surface area contributed by atoms with E-state index in [2.05, 4.69) is 5.32 Å². The smallest absolute Gasteiger partial charge is 0.282 e. The molecule has 1 aliphatic heterocycles. The molecule has 0 saturated heterocycles. The number of carbonyl (C=O) groups is 2. The van der Waals surface area contributed by atoms with Crippen LogP contribution >= 0.6 is 0 Å². The van der Waals surface area contributed by atoms with Crippen LogP contribution in [0.1, 0.15) is 22.3 Å². The fraction of sp³-hybridized carbons (Fsp3) is 0.185. The molecule has 32 heavy (non-hydrogen) atoms. The van der Waals surface area contributed by atoms with E-state index in [9.17, 15) is 9.59 Å². The molecule has 162 valence electrons. The molecule has 1 N–H and O–H groups in total. The van der Waals surface area contributed by atoms with Crippen LogP contribution in [0.3, 0.4) is 0 Å². The number of aryl methyl sites for hydroxylation is 3. The van der Waals surface area contributed by atoms with E-state index in [-0.39, 0.29) is 17.5 Å². The normalized spacial score (nSPS) is 13.7. The van der Waals surface area contributed by atoms with E-state index < -0.39 is 0 Å². The van der Waals surface area contributed by atoms with Gasteiger partial charge in [-0.15, -0.1) is 0 Å². The first-order valence-electron chi connectivity index (χ1n) is 10.6. The lowest BCUT2D eigenvalue weighted by atomic mass is 9.99. The van der Waals surface area contributed by atoms with E-state index in [0.29, 0.717) is 11.3 Å². The van der Waals surface area contributed by atoms with Crippen molar-refractivity contribution < 1.29 is 9.59 Å². The number of hydrogen-bond acceptors (Lipinski definition) is 4. The SMILES string of the molecule is Cc1ccc(NC2=C(c3ccc(C)c(C)c3)C(=O)N(c3cccc(N(C)C)c3)C2=O)cc1. The van der Waals surface area contributed by atoms with Crippen molar-refractivity contribution in [3.05, 3.63) is 94.7 Å². The molecule has 0 aromatic heterocycles. The van der Waals surface area contributed by atoms with Gasteiger partial charge in [0.1, 0.15) is 5.70 Å². The molecular formula is C27H27N3O2. The molecule has 0 saturated carbocycles. The summed E-state index contributed by atoms with van der Waals surface area (Å²) in [5.41, 5.74) is 6.95. The maximum atomic E-state index is 13.6. The van der Waals surface area contributed by atoms with Crippen molar-refractivity contribution in [3.8, 4) is 0 Å². The van der Waals surface area contributed by atoms with Crippen LogP contribution in [-0.4, -0.2) is 25.9 Å². The largest absolute Gasteiger partial charge is 0.378 e. The highest BCUT2D eigenvalue weighted by molar-refractivity contribution is 6.46. The minimum Gasteiger partial charge on any atom is -0.378 e. The van der Waals surface area contributed by atoms with Gasteiger partial charge in [0.15, 0.2) is 0 Å². The van der Waals surface area contributed by atoms with Crippen molar-refractivity contribution in [2.24, 2.45) is 0 Å². The fourth-order valence-corrected chi connectivity index (χ4v) is 3.74. The summed E-state index contributed by atoms with van der Waals surface area (Å²) in [5.74, 6) is -0.691. The van der Waals surface area contributed by atoms with Crippen LogP contribution in [0.25, 0.3) is 5.57 Å². The van der Waals surface area contributed by atoms with E-state index >= 15 is 0 Å². The minimum absolute atomic E-state index is 0.289. The topological polar surface area (TPSA) is 52.7 Å². The molecule has 2 amide bonds. The number of imide groups is 1. The Kier molecular flexibility index (Phi) is 5.57. The number of benzene rings is 3. The molecule has 0 bridgehead atoms. The molecule has 0 radical (unpaired) electrons. The molecular weight excluding hydrogens is 398 g/mol. The second-order valence-electron chi connectivity index (χ2n) is 8.40. The molecule has 0 aliphatic carbocycles. The van der Waals surface area contributed by atoms with Crippen molar-refractivity contribution in [1.82, 2.24) is 0 Å². The van der Waals surface area contributed by atoms with Crippen molar-refractivity contribution in [3.63, 3.8) is 0 Å². The van der Waals surface area contributed by atoms with Crippen LogP contribution in [0.4, 0.5) is 17.1 Å². The minimum atomic E-state index is -0.361. The third-order valence-electron chi connectivity index (χ3n) is 5.80. The van der Waals surface area contributed by atoms with Crippen molar-refractivity contribution in [2.75, 3.05) is 29.2 Å². The van der Waals surface area contributed by atoms with E-state index in [1.165, 1.54) is 4.90 Å². The predicted molar refractivity (Wildman–Crippen MR) is 131 cm³/mol. The Hall–Kier alpha value is -3.86. The Morgan fingerprint density at radius 1 is 0.781 bits per heavy atom. The van der Waals surface area contributed by atoms with E-state index in [1.54, 1.807) is 6.07 Å². The van der Waals surface area contributed by atoms with E-state index in [4.69, 9.17) is 0 Å². The molecule has 3 aromatic rings. The van der Waals surface area contributed by atoms with Crippen molar-refractivity contribution in [2.45, 2.75) is 20.8 Å². The molecule has 3 aromatic carbocycles. The molecule has 0 fully saturated rings. The van der Waals surface area contributed by atoms with Gasteiger partial charge >= 0.3 is 0 Å². The highest BCUT2D eigenvalue weighted by Crippen LogP contribution is 2.35. The lowest BCUT2D eigenvalue weighted by Gasteiger charge is -2.19. The first-order valence-corrected chi connectivity index (χ1v) is 10.6. The Labute approximate surface area is 189 Å². The Morgan fingerprint density at radius 2 is 1.50 bits per heavy atom. The maximum absolute atomic E-state index is 13.6. The summed E-state index contributed by atoms with van der Waals surface area (Å²) >= 11 is 0. The van der Waals surface area contributed by atoms with Gasteiger partial charge in [-0.25, -0.2) is 4.90 Å². The van der Waals surface area contributed by atoms with Gasteiger partial charge in [0.05, 0.1) is 11.3 Å². The van der Waals surface area contributed by atoms with Gasteiger partial charge in [0.25, 0.3) is 11.8 Å². The quantitative estimate of drug-likeness (QED) is 0.580. The molecule has 0 atom stereocenters. The highest BCUT2D eigenvalue weighted by atomic mass is 16.2. The summed E-state index contributed by atoms with van der Waals surface area (Å²) < 4.78 is 0. The van der Waals surface area contributed by atoms with Crippen LogP contribution in [-0.2, 0) is 9.59 Å². The first-order chi connectivity index (χ1) is 15.3. The average molecular weight is 426 g/mol. The number of carbonyl (C=O) groups excluding carboxylic acids is 2. The lowest BCUT2D eigenvalue weighted by molar-refractivity contribution is -0.120. The van der Waals surface area contributed by atoms with Gasteiger partial charge in [-0.2, -0.15) is 0 Å². The van der Waals surface area contributed by atoms with Crippen LogP contribution in [0.5, 0.6) is 0 Å². The third kappa shape index (κ3) is 3.89. The third-order valence-corrected chi connectivity index (χ3v) is 5.80. The summed E-state index contributed by atoms with van der Waals surface area (Å²) in [6.07, 6.45) is 0. The summed E-state index contributed by atoms with van der Waals surface area (Å²) in [5, 5.41) is 3.23. The first kappa shape index (κ1) is 21.4. The zero-order valence-corrected chi connectivity index (χ0v) is 19.1. The molecule has 5 heteroatoms. The number of anilines is 3. The Bertz CT molecular complexity index is 1240. The molecule has 4 rings (SSSR count). The fourth-order valence-electron chi connectivity index (χ4n) is 3.74. The standard InChI is InChI=1S/C27H27N3O2/c1-17-9-13-21(14-10-17)28-25-24(20-12-11-18(2)19(3)15-20)26(31)30(27(25)32)23-8-6-7-22(16-23)29(4)5/h6-16,28H,1-5H3. The summed E-state index contributed by atoms with van der Waals surface area (Å²) in [6, 6.07) is 21.0. The summed E-state index contributed by atoms with van der Waals surface area (Å²) in [4.78, 5) is 30.4. The zero-order chi connectivity index (χ0) is 23.0. The van der Waals surface area contributed by atoms with Crippen molar-refractivity contribution in [1.29, 1.82) is 0 Å². The summed E-state index contributed by atoms with van der Waals surface area (Å²) in [6.45, 7) is 6.04. The van der Waals surface area contributed by atoms with Gasteiger partial charge in [0.2, 0.25) is 0 Å². The van der Waals surface area contributed by atoms with Crippen molar-refractivity contribution >= 4 is 34.4 Å². The van der Waals surface area contributed by atoms with Crippen LogP contribution < -0.4 is 15.1 Å². The van der Waals surface area contributed by atoms with E-state index in [1.807, 2.05) is 100 Å². The number of rotatable bonds is 5. The van der Waals surface area contributed by atoms with E-state index in [0.717, 1.165) is 33.6 Å². The monoisotopic (exact) mass is 425 g/mol. The second kappa shape index (κ2) is 8.35.